The van der Waals surface area contributed by atoms with Gasteiger partial charge in [0.05, 0.1) is 6.04 Å². The van der Waals surface area contributed by atoms with Gasteiger partial charge in [-0.1, -0.05) is 30.3 Å². The molecular weight excluding hydrogens is 318 g/mol. The first-order chi connectivity index (χ1) is 12.2. The van der Waals surface area contributed by atoms with Crippen LogP contribution in [0.2, 0.25) is 0 Å². The van der Waals surface area contributed by atoms with Gasteiger partial charge in [0, 0.05) is 19.6 Å². The molecule has 1 unspecified atom stereocenters. The highest BCUT2D eigenvalue weighted by Gasteiger charge is 2.21. The van der Waals surface area contributed by atoms with Crippen LogP contribution in [-0.2, 0) is 16.1 Å². The number of nitrogens with two attached hydrogens (primary N) is 1. The van der Waals surface area contributed by atoms with Gasteiger partial charge in [0.2, 0.25) is 5.91 Å². The summed E-state index contributed by atoms with van der Waals surface area (Å²) >= 11 is 0. The highest BCUT2D eigenvalue weighted by molar-refractivity contribution is 5.81. The molecule has 1 atom stereocenters. The van der Waals surface area contributed by atoms with E-state index >= 15 is 0 Å². The van der Waals surface area contributed by atoms with Crippen LogP contribution in [-0.4, -0.2) is 42.6 Å². The van der Waals surface area contributed by atoms with E-state index in [0.717, 1.165) is 44.3 Å². The Kier molecular flexibility index (Phi) is 8.25. The van der Waals surface area contributed by atoms with Crippen LogP contribution in [0.15, 0.2) is 30.3 Å². The fraction of sp³-hybridized carbons (Fsp3) is 0.579. The van der Waals surface area contributed by atoms with Gasteiger partial charge < -0.3 is 20.7 Å². The molecule has 6 nitrogen and oxygen atoms in total. The number of hydrogen-bond acceptors (Lipinski definition) is 4. The molecule has 1 aromatic rings. The first kappa shape index (κ1) is 19.2. The quantitative estimate of drug-likeness (QED) is 0.707. The fourth-order valence-electron chi connectivity index (χ4n) is 2.93. The number of piperidine rings is 1. The minimum absolute atomic E-state index is 0.0648. The average molecular weight is 347 g/mol. The Hall–Kier alpha value is -2.08. The molecule has 1 aliphatic heterocycles. The molecule has 0 radical (unpaired) electrons. The minimum atomic E-state index is -0.428. The smallest absolute Gasteiger partial charge is 0.407 e. The van der Waals surface area contributed by atoms with Crippen molar-refractivity contribution in [3.63, 3.8) is 0 Å². The van der Waals surface area contributed by atoms with Gasteiger partial charge in [-0.25, -0.2) is 4.79 Å². The maximum atomic E-state index is 12.2. The maximum absolute atomic E-state index is 12.2. The zero-order valence-electron chi connectivity index (χ0n) is 14.8. The zero-order chi connectivity index (χ0) is 17.9. The molecule has 1 saturated heterocycles. The molecule has 1 fully saturated rings. The van der Waals surface area contributed by atoms with E-state index in [1.54, 1.807) is 0 Å². The molecule has 1 heterocycles. The summed E-state index contributed by atoms with van der Waals surface area (Å²) in [5.74, 6) is 0.0648. The molecule has 0 aromatic heterocycles. The van der Waals surface area contributed by atoms with Gasteiger partial charge >= 0.3 is 6.09 Å². The number of alkyl carbamates (subject to hydrolysis) is 1. The van der Waals surface area contributed by atoms with Crippen molar-refractivity contribution in [2.45, 2.75) is 51.2 Å². The summed E-state index contributed by atoms with van der Waals surface area (Å²) in [6.45, 7) is 2.46. The van der Waals surface area contributed by atoms with E-state index in [0.29, 0.717) is 13.0 Å². The van der Waals surface area contributed by atoms with Crippen molar-refractivity contribution in [3.05, 3.63) is 35.9 Å². The SMILES string of the molecule is NC(CCCCNC(=O)OCc1ccccc1)C(=O)N1CCCCC1. The van der Waals surface area contributed by atoms with E-state index in [2.05, 4.69) is 5.32 Å². The third-order valence-electron chi connectivity index (χ3n) is 4.41. The van der Waals surface area contributed by atoms with Gasteiger partial charge in [0.1, 0.15) is 6.61 Å². The number of nitrogens with one attached hydrogen (secondary N) is 1. The van der Waals surface area contributed by atoms with Gasteiger partial charge in [0.15, 0.2) is 0 Å². The van der Waals surface area contributed by atoms with Crippen molar-refractivity contribution in [2.75, 3.05) is 19.6 Å². The molecule has 6 heteroatoms. The van der Waals surface area contributed by atoms with E-state index < -0.39 is 12.1 Å². The van der Waals surface area contributed by atoms with Crippen LogP contribution in [0.3, 0.4) is 0 Å². The number of hydrogen-bond donors (Lipinski definition) is 2. The Morgan fingerprint density at radius 1 is 1.12 bits per heavy atom. The van der Waals surface area contributed by atoms with Crippen LogP contribution in [0.1, 0.15) is 44.1 Å². The van der Waals surface area contributed by atoms with Gasteiger partial charge in [0.25, 0.3) is 0 Å². The second-order valence-corrected chi connectivity index (χ2v) is 6.48. The van der Waals surface area contributed by atoms with E-state index in [-0.39, 0.29) is 12.5 Å². The minimum Gasteiger partial charge on any atom is -0.445 e. The van der Waals surface area contributed by atoms with Gasteiger partial charge in [-0.3, -0.25) is 4.79 Å². The molecule has 0 aliphatic carbocycles. The normalized spacial score (nSPS) is 15.5. The van der Waals surface area contributed by atoms with Gasteiger partial charge in [-0.05, 0) is 44.1 Å². The predicted octanol–water partition coefficient (Wildman–Crippen LogP) is 2.42. The lowest BCUT2D eigenvalue weighted by Gasteiger charge is -2.29. The van der Waals surface area contributed by atoms with E-state index in [9.17, 15) is 9.59 Å². The molecular formula is C19H29N3O3. The van der Waals surface area contributed by atoms with Crippen molar-refractivity contribution >= 4 is 12.0 Å². The molecule has 138 valence electrons. The number of amides is 2. The summed E-state index contributed by atoms with van der Waals surface area (Å²) in [4.78, 5) is 25.7. The Balaban J connectivity index is 1.52. The summed E-state index contributed by atoms with van der Waals surface area (Å²) in [6, 6.07) is 9.13. The molecule has 3 N–H and O–H groups in total. The van der Waals surface area contributed by atoms with Crippen LogP contribution in [0.5, 0.6) is 0 Å². The summed E-state index contributed by atoms with van der Waals surface area (Å²) in [5.41, 5.74) is 6.96. The Morgan fingerprint density at radius 3 is 2.56 bits per heavy atom. The number of nitrogens with zero attached hydrogens (tertiary/aromatic N) is 1. The molecule has 2 rings (SSSR count). The standard InChI is InChI=1S/C19H29N3O3/c20-17(18(23)22-13-7-2-8-14-22)11-5-6-12-21-19(24)25-15-16-9-3-1-4-10-16/h1,3-4,9-10,17H,2,5-8,11-15,20H2,(H,21,24). The third kappa shape index (κ3) is 7.13. The fourth-order valence-corrected chi connectivity index (χ4v) is 2.93. The largest absolute Gasteiger partial charge is 0.445 e. The Bertz CT molecular complexity index is 530. The Labute approximate surface area is 149 Å². The summed E-state index contributed by atoms with van der Waals surface area (Å²) in [6.07, 6.45) is 5.17. The predicted molar refractivity (Wildman–Crippen MR) is 96.9 cm³/mol. The monoisotopic (exact) mass is 347 g/mol. The summed E-state index contributed by atoms with van der Waals surface area (Å²) in [7, 11) is 0. The molecule has 25 heavy (non-hydrogen) atoms. The van der Waals surface area contributed by atoms with Crippen LogP contribution in [0.25, 0.3) is 0 Å². The van der Waals surface area contributed by atoms with Crippen LogP contribution >= 0.6 is 0 Å². The van der Waals surface area contributed by atoms with Crippen molar-refractivity contribution < 1.29 is 14.3 Å². The lowest BCUT2D eigenvalue weighted by Crippen LogP contribution is -2.45. The first-order valence-electron chi connectivity index (χ1n) is 9.16. The second-order valence-electron chi connectivity index (χ2n) is 6.48. The molecule has 1 aliphatic rings. The first-order valence-corrected chi connectivity index (χ1v) is 9.16. The van der Waals surface area contributed by atoms with E-state index in [1.807, 2.05) is 35.2 Å². The summed E-state index contributed by atoms with van der Waals surface area (Å²) in [5, 5.41) is 2.72. The lowest BCUT2D eigenvalue weighted by atomic mass is 10.1. The number of ether oxygens (including phenoxy) is 1. The molecule has 0 saturated carbocycles. The zero-order valence-corrected chi connectivity index (χ0v) is 14.8. The van der Waals surface area contributed by atoms with Gasteiger partial charge in [-0.15, -0.1) is 0 Å². The topological polar surface area (TPSA) is 84.7 Å². The lowest BCUT2D eigenvalue weighted by molar-refractivity contribution is -0.133. The van der Waals surface area contributed by atoms with Crippen molar-refractivity contribution in [1.29, 1.82) is 0 Å². The van der Waals surface area contributed by atoms with Crippen molar-refractivity contribution in [2.24, 2.45) is 5.73 Å². The van der Waals surface area contributed by atoms with Crippen LogP contribution in [0, 0.1) is 0 Å². The van der Waals surface area contributed by atoms with Crippen LogP contribution in [0.4, 0.5) is 4.79 Å². The number of rotatable bonds is 8. The number of carbonyl (C=O) groups is 2. The Morgan fingerprint density at radius 2 is 1.84 bits per heavy atom. The summed E-state index contributed by atoms with van der Waals surface area (Å²) < 4.78 is 5.14. The highest BCUT2D eigenvalue weighted by Crippen LogP contribution is 2.11. The van der Waals surface area contributed by atoms with Crippen molar-refractivity contribution in [3.8, 4) is 0 Å². The second kappa shape index (κ2) is 10.7. The number of benzene rings is 1. The third-order valence-corrected chi connectivity index (χ3v) is 4.41. The van der Waals surface area contributed by atoms with Gasteiger partial charge in [-0.2, -0.15) is 0 Å². The maximum Gasteiger partial charge on any atom is 0.407 e. The van der Waals surface area contributed by atoms with E-state index in [4.69, 9.17) is 10.5 Å². The number of carbonyl (C=O) groups excluding carboxylic acids is 2. The van der Waals surface area contributed by atoms with E-state index in [1.165, 1.54) is 6.42 Å². The molecule has 2 amide bonds. The molecule has 0 spiro atoms. The number of likely N-dealkylation sites (tertiary alicyclic amines) is 1. The van der Waals surface area contributed by atoms with Crippen LogP contribution < -0.4 is 11.1 Å². The molecule has 1 aromatic carbocycles. The number of unbranched alkanes of at least 4 members (excludes halogenated alkanes) is 1. The highest BCUT2D eigenvalue weighted by atomic mass is 16.5. The average Bonchev–Trinajstić information content (AvgIpc) is 2.67. The molecule has 0 bridgehead atoms. The van der Waals surface area contributed by atoms with Crippen molar-refractivity contribution in [1.82, 2.24) is 10.2 Å².